The molecular formula is C23H31NO. The van der Waals surface area contributed by atoms with Crippen molar-refractivity contribution in [2.45, 2.75) is 57.6 Å². The predicted octanol–water partition coefficient (Wildman–Crippen LogP) is 4.69. The van der Waals surface area contributed by atoms with Crippen molar-refractivity contribution in [3.05, 3.63) is 71.3 Å². The van der Waals surface area contributed by atoms with Gasteiger partial charge in [-0.05, 0) is 50.4 Å². The molecule has 134 valence electrons. The molecule has 0 bridgehead atoms. The third-order valence-corrected chi connectivity index (χ3v) is 5.56. The van der Waals surface area contributed by atoms with Crippen molar-refractivity contribution >= 4 is 0 Å². The van der Waals surface area contributed by atoms with Gasteiger partial charge in [0.2, 0.25) is 0 Å². The lowest BCUT2D eigenvalue weighted by Gasteiger charge is -2.42. The molecule has 2 nitrogen and oxygen atoms in total. The SMILES string of the molecule is CCCC(N1CCCC1)C(O)(Cc1ccccc1)c1ccc(C)cc1. The van der Waals surface area contributed by atoms with Gasteiger partial charge < -0.3 is 5.11 Å². The summed E-state index contributed by atoms with van der Waals surface area (Å²) >= 11 is 0. The lowest BCUT2D eigenvalue weighted by atomic mass is 9.78. The Kier molecular flexibility index (Phi) is 5.93. The van der Waals surface area contributed by atoms with Crippen molar-refractivity contribution < 1.29 is 5.11 Å². The molecule has 1 heterocycles. The summed E-state index contributed by atoms with van der Waals surface area (Å²) in [6.07, 6.45) is 5.27. The van der Waals surface area contributed by atoms with Crippen molar-refractivity contribution in [2.24, 2.45) is 0 Å². The molecule has 1 aliphatic rings. The third kappa shape index (κ3) is 4.13. The largest absolute Gasteiger partial charge is 0.383 e. The Morgan fingerprint density at radius 1 is 1.00 bits per heavy atom. The zero-order valence-electron chi connectivity index (χ0n) is 15.6. The van der Waals surface area contributed by atoms with E-state index >= 15 is 0 Å². The number of nitrogens with zero attached hydrogens (tertiary/aromatic N) is 1. The van der Waals surface area contributed by atoms with E-state index in [9.17, 15) is 5.11 Å². The van der Waals surface area contributed by atoms with Crippen LogP contribution in [0, 0.1) is 6.92 Å². The molecule has 0 aliphatic carbocycles. The number of aryl methyl sites for hydroxylation is 1. The van der Waals surface area contributed by atoms with E-state index in [0.29, 0.717) is 6.42 Å². The highest BCUT2D eigenvalue weighted by molar-refractivity contribution is 5.31. The van der Waals surface area contributed by atoms with Gasteiger partial charge in [0.1, 0.15) is 5.60 Å². The molecule has 1 N–H and O–H groups in total. The zero-order valence-corrected chi connectivity index (χ0v) is 15.6. The summed E-state index contributed by atoms with van der Waals surface area (Å²) < 4.78 is 0. The van der Waals surface area contributed by atoms with E-state index in [1.54, 1.807) is 0 Å². The fourth-order valence-electron chi connectivity index (χ4n) is 4.21. The van der Waals surface area contributed by atoms with Gasteiger partial charge in [-0.2, -0.15) is 0 Å². The summed E-state index contributed by atoms with van der Waals surface area (Å²) in [4.78, 5) is 2.52. The first-order valence-electron chi connectivity index (χ1n) is 9.71. The van der Waals surface area contributed by atoms with Gasteiger partial charge in [0, 0.05) is 12.5 Å². The van der Waals surface area contributed by atoms with E-state index in [4.69, 9.17) is 0 Å². The minimum Gasteiger partial charge on any atom is -0.383 e. The van der Waals surface area contributed by atoms with Gasteiger partial charge in [-0.25, -0.2) is 0 Å². The monoisotopic (exact) mass is 337 g/mol. The average Bonchev–Trinajstić information content (AvgIpc) is 3.15. The topological polar surface area (TPSA) is 23.5 Å². The summed E-state index contributed by atoms with van der Waals surface area (Å²) in [7, 11) is 0. The first-order valence-corrected chi connectivity index (χ1v) is 9.71. The summed E-state index contributed by atoms with van der Waals surface area (Å²) in [5, 5.41) is 12.0. The molecule has 2 heteroatoms. The average molecular weight is 338 g/mol. The van der Waals surface area contributed by atoms with E-state index in [1.807, 2.05) is 6.07 Å². The van der Waals surface area contributed by atoms with Gasteiger partial charge in [0.05, 0.1) is 0 Å². The van der Waals surface area contributed by atoms with Gasteiger partial charge in [0.15, 0.2) is 0 Å². The van der Waals surface area contributed by atoms with E-state index in [-0.39, 0.29) is 6.04 Å². The van der Waals surface area contributed by atoms with E-state index in [0.717, 1.165) is 31.5 Å². The van der Waals surface area contributed by atoms with Gasteiger partial charge in [-0.3, -0.25) is 4.90 Å². The van der Waals surface area contributed by atoms with Gasteiger partial charge in [0.25, 0.3) is 0 Å². The molecule has 2 atom stereocenters. The molecule has 0 saturated carbocycles. The lowest BCUT2D eigenvalue weighted by Crippen LogP contribution is -2.51. The Balaban J connectivity index is 2.00. The molecule has 25 heavy (non-hydrogen) atoms. The lowest BCUT2D eigenvalue weighted by molar-refractivity contribution is -0.0506. The summed E-state index contributed by atoms with van der Waals surface area (Å²) in [5.74, 6) is 0. The molecule has 0 aromatic heterocycles. The molecule has 1 fully saturated rings. The number of aliphatic hydroxyl groups is 1. The van der Waals surface area contributed by atoms with Crippen LogP contribution in [0.15, 0.2) is 54.6 Å². The van der Waals surface area contributed by atoms with Crippen molar-refractivity contribution in [1.29, 1.82) is 0 Å². The first-order chi connectivity index (χ1) is 12.1. The standard InChI is InChI=1S/C23H31NO/c1-3-9-22(24-16-7-8-17-24)23(25,18-20-10-5-4-6-11-20)21-14-12-19(2)13-15-21/h4-6,10-15,22,25H,3,7-9,16-18H2,1-2H3. The normalized spacial score (nSPS) is 18.8. The minimum absolute atomic E-state index is 0.169. The Bertz CT molecular complexity index is 646. The zero-order chi connectivity index (χ0) is 17.7. The smallest absolute Gasteiger partial charge is 0.109 e. The van der Waals surface area contributed by atoms with Crippen LogP contribution in [-0.2, 0) is 12.0 Å². The van der Waals surface area contributed by atoms with Crippen LogP contribution in [0.2, 0.25) is 0 Å². The maximum absolute atomic E-state index is 12.0. The Labute approximate surface area is 152 Å². The Morgan fingerprint density at radius 3 is 2.24 bits per heavy atom. The van der Waals surface area contributed by atoms with Gasteiger partial charge >= 0.3 is 0 Å². The highest BCUT2D eigenvalue weighted by Gasteiger charge is 2.42. The maximum Gasteiger partial charge on any atom is 0.109 e. The Morgan fingerprint density at radius 2 is 1.64 bits per heavy atom. The van der Waals surface area contributed by atoms with Crippen LogP contribution in [0.4, 0.5) is 0 Å². The molecule has 2 aromatic rings. The van der Waals surface area contributed by atoms with Crippen LogP contribution in [0.25, 0.3) is 0 Å². The van der Waals surface area contributed by atoms with Crippen LogP contribution in [-0.4, -0.2) is 29.1 Å². The van der Waals surface area contributed by atoms with Gasteiger partial charge in [-0.1, -0.05) is 73.5 Å². The first kappa shape index (κ1) is 18.2. The van der Waals surface area contributed by atoms with Crippen LogP contribution in [0.3, 0.4) is 0 Å². The van der Waals surface area contributed by atoms with Crippen LogP contribution >= 0.6 is 0 Å². The van der Waals surface area contributed by atoms with E-state index in [1.165, 1.54) is 24.0 Å². The number of likely N-dealkylation sites (tertiary alicyclic amines) is 1. The molecule has 1 aliphatic heterocycles. The van der Waals surface area contributed by atoms with Crippen LogP contribution in [0.1, 0.15) is 49.3 Å². The van der Waals surface area contributed by atoms with Crippen LogP contribution < -0.4 is 0 Å². The van der Waals surface area contributed by atoms with Crippen molar-refractivity contribution in [2.75, 3.05) is 13.1 Å². The van der Waals surface area contributed by atoms with Crippen LogP contribution in [0.5, 0.6) is 0 Å². The molecular weight excluding hydrogens is 306 g/mol. The number of hydrogen-bond donors (Lipinski definition) is 1. The minimum atomic E-state index is -0.852. The van der Waals surface area contributed by atoms with Gasteiger partial charge in [-0.15, -0.1) is 0 Å². The van der Waals surface area contributed by atoms with E-state index < -0.39 is 5.60 Å². The van der Waals surface area contributed by atoms with Crippen molar-refractivity contribution in [1.82, 2.24) is 4.90 Å². The molecule has 0 radical (unpaired) electrons. The second-order valence-corrected chi connectivity index (χ2v) is 7.50. The molecule has 1 saturated heterocycles. The molecule has 0 amide bonds. The number of rotatable bonds is 7. The maximum atomic E-state index is 12.0. The number of hydrogen-bond acceptors (Lipinski definition) is 2. The summed E-state index contributed by atoms with van der Waals surface area (Å²) in [6.45, 7) is 6.53. The predicted molar refractivity (Wildman–Crippen MR) is 105 cm³/mol. The third-order valence-electron chi connectivity index (χ3n) is 5.56. The van der Waals surface area contributed by atoms with E-state index in [2.05, 4.69) is 67.3 Å². The quantitative estimate of drug-likeness (QED) is 0.792. The summed E-state index contributed by atoms with van der Waals surface area (Å²) in [6, 6.07) is 19.1. The molecule has 3 rings (SSSR count). The van der Waals surface area contributed by atoms with Crippen molar-refractivity contribution in [3.8, 4) is 0 Å². The number of benzene rings is 2. The highest BCUT2D eigenvalue weighted by atomic mass is 16.3. The highest BCUT2D eigenvalue weighted by Crippen LogP contribution is 2.36. The Hall–Kier alpha value is -1.64. The second-order valence-electron chi connectivity index (χ2n) is 7.50. The van der Waals surface area contributed by atoms with Crippen molar-refractivity contribution in [3.63, 3.8) is 0 Å². The fourth-order valence-corrected chi connectivity index (χ4v) is 4.21. The molecule has 0 spiro atoms. The summed E-state index contributed by atoms with van der Waals surface area (Å²) in [5.41, 5.74) is 2.63. The molecule has 2 aromatic carbocycles. The molecule has 2 unspecified atom stereocenters. The fraction of sp³-hybridized carbons (Fsp3) is 0.478. The second kappa shape index (κ2) is 8.16.